The van der Waals surface area contributed by atoms with Crippen molar-refractivity contribution >= 4 is 17.5 Å². The lowest BCUT2D eigenvalue weighted by Gasteiger charge is -2.13. The van der Waals surface area contributed by atoms with Crippen molar-refractivity contribution in [1.29, 1.82) is 0 Å². The smallest absolute Gasteiger partial charge is 0.249 e. The van der Waals surface area contributed by atoms with E-state index < -0.39 is 0 Å². The van der Waals surface area contributed by atoms with Crippen LogP contribution in [0.5, 0.6) is 5.75 Å². The second kappa shape index (κ2) is 6.68. The molecule has 1 amide bonds. The zero-order valence-electron chi connectivity index (χ0n) is 15.1. The molecule has 1 aromatic carbocycles. The maximum absolute atomic E-state index is 12.0. The Hall–Kier alpha value is -2.89. The molecule has 2 aliphatic rings. The van der Waals surface area contributed by atoms with E-state index in [1.165, 1.54) is 12.8 Å². The Bertz CT molecular complexity index is 970. The molecule has 2 aromatic heterocycles. The Balaban J connectivity index is 1.40. The Morgan fingerprint density at radius 3 is 2.59 bits per heavy atom. The molecule has 0 atom stereocenters. The highest BCUT2D eigenvalue weighted by Crippen LogP contribution is 2.31. The van der Waals surface area contributed by atoms with Gasteiger partial charge in [0.15, 0.2) is 5.65 Å². The molecule has 0 unspecified atom stereocenters. The van der Waals surface area contributed by atoms with Gasteiger partial charge in [0.2, 0.25) is 11.9 Å². The maximum Gasteiger partial charge on any atom is 0.249 e. The highest BCUT2D eigenvalue weighted by molar-refractivity contribution is 5.93. The zero-order chi connectivity index (χ0) is 18.2. The number of hydrogen-bond donors (Lipinski definition) is 1. The summed E-state index contributed by atoms with van der Waals surface area (Å²) in [5, 5.41) is 7.20. The van der Waals surface area contributed by atoms with Gasteiger partial charge in [-0.3, -0.25) is 10.1 Å². The predicted octanol–water partition coefficient (Wildman–Crippen LogP) is 4.07. The number of nitrogens with one attached hydrogen (secondary N) is 1. The van der Waals surface area contributed by atoms with E-state index >= 15 is 0 Å². The van der Waals surface area contributed by atoms with Gasteiger partial charge in [-0.2, -0.15) is 4.98 Å². The number of benzene rings is 1. The number of carbonyl (C=O) groups is 1. The number of rotatable bonds is 5. The molecule has 0 radical (unpaired) electrons. The second-order valence-corrected chi connectivity index (χ2v) is 7.44. The minimum atomic E-state index is 0.0147. The lowest BCUT2D eigenvalue weighted by molar-refractivity contribution is -0.117. The first-order valence-electron chi connectivity index (χ1n) is 9.69. The average molecular weight is 362 g/mol. The van der Waals surface area contributed by atoms with Gasteiger partial charge in [0, 0.05) is 17.7 Å². The molecule has 2 aliphatic carbocycles. The molecule has 138 valence electrons. The van der Waals surface area contributed by atoms with Crippen molar-refractivity contribution in [3.63, 3.8) is 0 Å². The third kappa shape index (κ3) is 3.39. The van der Waals surface area contributed by atoms with Gasteiger partial charge in [-0.05, 0) is 68.4 Å². The normalized spacial score (nSPS) is 17.3. The van der Waals surface area contributed by atoms with Gasteiger partial charge >= 0.3 is 0 Å². The van der Waals surface area contributed by atoms with E-state index in [1.54, 1.807) is 4.52 Å². The van der Waals surface area contributed by atoms with Gasteiger partial charge in [0.05, 0.1) is 6.10 Å². The van der Waals surface area contributed by atoms with E-state index in [9.17, 15) is 4.79 Å². The van der Waals surface area contributed by atoms with Crippen LogP contribution in [0, 0.1) is 5.92 Å². The van der Waals surface area contributed by atoms with Gasteiger partial charge in [0.1, 0.15) is 5.75 Å². The highest BCUT2D eigenvalue weighted by Gasteiger charge is 2.30. The minimum Gasteiger partial charge on any atom is -0.490 e. The quantitative estimate of drug-likeness (QED) is 0.743. The molecular formula is C21H22N4O2. The molecule has 3 aromatic rings. The number of nitrogens with zero attached hydrogens (tertiary/aromatic N) is 3. The minimum absolute atomic E-state index is 0.0147. The van der Waals surface area contributed by atoms with E-state index in [4.69, 9.17) is 4.74 Å². The number of pyridine rings is 1. The number of amides is 1. The summed E-state index contributed by atoms with van der Waals surface area (Å²) in [5.41, 5.74) is 2.75. The first-order chi connectivity index (χ1) is 13.3. The molecule has 5 rings (SSSR count). The topological polar surface area (TPSA) is 68.5 Å². The van der Waals surface area contributed by atoms with Crippen LogP contribution in [0.25, 0.3) is 16.8 Å². The van der Waals surface area contributed by atoms with Crippen molar-refractivity contribution in [3.8, 4) is 16.9 Å². The molecule has 2 saturated carbocycles. The first-order valence-corrected chi connectivity index (χ1v) is 9.69. The molecule has 2 fully saturated rings. The molecule has 6 nitrogen and oxygen atoms in total. The van der Waals surface area contributed by atoms with Gasteiger partial charge in [-0.15, -0.1) is 5.10 Å². The second-order valence-electron chi connectivity index (χ2n) is 7.44. The zero-order valence-corrected chi connectivity index (χ0v) is 15.1. The Morgan fingerprint density at radius 2 is 1.85 bits per heavy atom. The third-order valence-corrected chi connectivity index (χ3v) is 5.32. The number of anilines is 1. The van der Waals surface area contributed by atoms with Gasteiger partial charge < -0.3 is 4.74 Å². The van der Waals surface area contributed by atoms with Gasteiger partial charge in [-0.25, -0.2) is 4.52 Å². The maximum atomic E-state index is 12.0. The number of fused-ring (bicyclic) bond motifs is 1. The van der Waals surface area contributed by atoms with E-state index in [2.05, 4.69) is 27.5 Å². The fraction of sp³-hybridized carbons (Fsp3) is 0.381. The molecule has 2 heterocycles. The van der Waals surface area contributed by atoms with Crippen molar-refractivity contribution in [3.05, 3.63) is 42.6 Å². The van der Waals surface area contributed by atoms with Crippen molar-refractivity contribution < 1.29 is 9.53 Å². The molecule has 6 heteroatoms. The van der Waals surface area contributed by atoms with Crippen molar-refractivity contribution in [2.24, 2.45) is 5.92 Å². The molecule has 27 heavy (non-hydrogen) atoms. The van der Waals surface area contributed by atoms with Crippen LogP contribution in [-0.4, -0.2) is 26.6 Å². The van der Waals surface area contributed by atoms with Crippen LogP contribution >= 0.6 is 0 Å². The summed E-state index contributed by atoms with van der Waals surface area (Å²) in [4.78, 5) is 16.5. The number of ether oxygens (including phenoxy) is 1. The van der Waals surface area contributed by atoms with E-state index in [-0.39, 0.29) is 11.8 Å². The van der Waals surface area contributed by atoms with Crippen LogP contribution in [0.4, 0.5) is 5.95 Å². The third-order valence-electron chi connectivity index (χ3n) is 5.32. The van der Waals surface area contributed by atoms with E-state index in [1.807, 2.05) is 30.5 Å². The SMILES string of the molecule is O=C(Nc1nc2c(-c3ccc(OC4CCCC4)cc3)cccn2n1)C1CC1. The average Bonchev–Trinajstić information content (AvgIpc) is 3.26. The van der Waals surface area contributed by atoms with Crippen molar-refractivity contribution in [2.75, 3.05) is 5.32 Å². The highest BCUT2D eigenvalue weighted by atomic mass is 16.5. The Morgan fingerprint density at radius 1 is 1.07 bits per heavy atom. The van der Waals surface area contributed by atoms with E-state index in [0.29, 0.717) is 12.1 Å². The number of aromatic nitrogens is 3. The molecule has 0 spiro atoms. The predicted molar refractivity (Wildman–Crippen MR) is 103 cm³/mol. The molecule has 0 saturated heterocycles. The van der Waals surface area contributed by atoms with Gasteiger partial charge in [0.25, 0.3) is 0 Å². The summed E-state index contributed by atoms with van der Waals surface area (Å²) in [6.45, 7) is 0. The number of carbonyl (C=O) groups excluding carboxylic acids is 1. The van der Waals surface area contributed by atoms with Crippen molar-refractivity contribution in [2.45, 2.75) is 44.6 Å². The van der Waals surface area contributed by atoms with Crippen LogP contribution in [0.15, 0.2) is 42.6 Å². The summed E-state index contributed by atoms with van der Waals surface area (Å²) < 4.78 is 7.76. The first kappa shape index (κ1) is 16.3. The van der Waals surface area contributed by atoms with Gasteiger partial charge in [-0.1, -0.05) is 12.1 Å². The van der Waals surface area contributed by atoms with E-state index in [0.717, 1.165) is 48.2 Å². The summed E-state index contributed by atoms with van der Waals surface area (Å²) in [6, 6.07) is 12.1. The monoisotopic (exact) mass is 362 g/mol. The Labute approximate surface area is 157 Å². The van der Waals surface area contributed by atoms with Crippen LogP contribution in [0.3, 0.4) is 0 Å². The van der Waals surface area contributed by atoms with Crippen LogP contribution in [0.2, 0.25) is 0 Å². The number of hydrogen-bond acceptors (Lipinski definition) is 4. The summed E-state index contributed by atoms with van der Waals surface area (Å²) in [6.07, 6.45) is 8.93. The standard InChI is InChI=1S/C21H22N4O2/c26-20(15-7-8-15)23-21-22-19-18(6-3-13-25(19)24-21)14-9-11-17(12-10-14)27-16-4-1-2-5-16/h3,6,9-13,15-16H,1-2,4-5,7-8H2,(H,23,24,26). The largest absolute Gasteiger partial charge is 0.490 e. The molecular weight excluding hydrogens is 340 g/mol. The van der Waals surface area contributed by atoms with Crippen molar-refractivity contribution in [1.82, 2.24) is 14.6 Å². The fourth-order valence-electron chi connectivity index (χ4n) is 3.65. The summed E-state index contributed by atoms with van der Waals surface area (Å²) >= 11 is 0. The Kier molecular flexibility index (Phi) is 4.03. The lowest BCUT2D eigenvalue weighted by atomic mass is 10.1. The molecule has 0 aliphatic heterocycles. The van der Waals surface area contributed by atoms with Crippen LogP contribution in [0.1, 0.15) is 38.5 Å². The molecule has 0 bridgehead atoms. The van der Waals surface area contributed by atoms with Crippen LogP contribution in [-0.2, 0) is 4.79 Å². The molecule has 1 N–H and O–H groups in total. The van der Waals surface area contributed by atoms with Crippen LogP contribution < -0.4 is 10.1 Å². The summed E-state index contributed by atoms with van der Waals surface area (Å²) in [5.74, 6) is 1.42. The summed E-state index contributed by atoms with van der Waals surface area (Å²) in [7, 11) is 0. The fourth-order valence-corrected chi connectivity index (χ4v) is 3.65. The lowest BCUT2D eigenvalue weighted by Crippen LogP contribution is -2.14.